The van der Waals surface area contributed by atoms with Gasteiger partial charge in [-0.15, -0.1) is 22.7 Å². The van der Waals surface area contributed by atoms with E-state index in [2.05, 4.69) is 12.1 Å². The van der Waals surface area contributed by atoms with Crippen molar-refractivity contribution in [2.45, 2.75) is 19.5 Å². The fourth-order valence-corrected chi connectivity index (χ4v) is 4.00. The van der Waals surface area contributed by atoms with E-state index in [1.54, 1.807) is 29.8 Å². The Kier molecular flexibility index (Phi) is 6.68. The van der Waals surface area contributed by atoms with Crippen LogP contribution in [0.15, 0.2) is 59.3 Å². The maximum absolute atomic E-state index is 12.8. The summed E-state index contributed by atoms with van der Waals surface area (Å²) in [5, 5.41) is 4.07. The predicted octanol–water partition coefficient (Wildman–Crippen LogP) is 4.82. The van der Waals surface area contributed by atoms with E-state index in [9.17, 15) is 4.79 Å². The minimum atomic E-state index is 0.0849. The second-order valence-electron chi connectivity index (χ2n) is 5.66. The van der Waals surface area contributed by atoms with E-state index in [4.69, 9.17) is 9.47 Å². The molecule has 3 rings (SSSR count). The van der Waals surface area contributed by atoms with Crippen molar-refractivity contribution in [1.82, 2.24) is 4.90 Å². The molecule has 0 aliphatic carbocycles. The first-order valence-electron chi connectivity index (χ1n) is 8.34. The third-order valence-corrected chi connectivity index (χ3v) is 5.57. The Hall–Kier alpha value is -2.31. The molecule has 2 heterocycles. The first-order valence-corrected chi connectivity index (χ1v) is 10.1. The van der Waals surface area contributed by atoms with Gasteiger partial charge in [0.2, 0.25) is 5.91 Å². The topological polar surface area (TPSA) is 38.8 Å². The summed E-state index contributed by atoms with van der Waals surface area (Å²) in [6.07, 6.45) is 0.328. The second-order valence-corrected chi connectivity index (χ2v) is 7.72. The van der Waals surface area contributed by atoms with Crippen LogP contribution in [0.25, 0.3) is 0 Å². The molecule has 0 saturated carbocycles. The van der Waals surface area contributed by atoms with Crippen molar-refractivity contribution in [3.05, 3.63) is 69.0 Å². The highest BCUT2D eigenvalue weighted by Gasteiger charge is 2.16. The zero-order chi connectivity index (χ0) is 18.2. The Morgan fingerprint density at radius 1 is 0.923 bits per heavy atom. The van der Waals surface area contributed by atoms with Crippen LogP contribution in [0.2, 0.25) is 0 Å². The number of hydrogen-bond acceptors (Lipinski definition) is 5. The summed E-state index contributed by atoms with van der Waals surface area (Å²) < 4.78 is 11.0. The number of hydrogen-bond donors (Lipinski definition) is 0. The molecule has 6 heteroatoms. The number of ether oxygens (including phenoxy) is 2. The van der Waals surface area contributed by atoms with Crippen molar-refractivity contribution in [1.29, 1.82) is 0 Å². The lowest BCUT2D eigenvalue weighted by molar-refractivity contribution is -0.132. The monoisotopic (exact) mass is 387 g/mol. The number of thiophene rings is 2. The third kappa shape index (κ3) is 5.09. The summed E-state index contributed by atoms with van der Waals surface area (Å²) in [5.74, 6) is 1.42. The number of methoxy groups -OCH3 is 1. The number of benzene rings is 1. The minimum absolute atomic E-state index is 0.0849. The van der Waals surface area contributed by atoms with E-state index < -0.39 is 0 Å². The molecule has 0 fully saturated rings. The zero-order valence-electron chi connectivity index (χ0n) is 14.6. The van der Waals surface area contributed by atoms with Crippen LogP contribution < -0.4 is 9.47 Å². The lowest BCUT2D eigenvalue weighted by Crippen LogP contribution is -2.30. The van der Waals surface area contributed by atoms with E-state index in [-0.39, 0.29) is 5.91 Å². The van der Waals surface area contributed by atoms with Crippen molar-refractivity contribution >= 4 is 28.6 Å². The van der Waals surface area contributed by atoms with Gasteiger partial charge in [-0.25, -0.2) is 0 Å². The Bertz CT molecular complexity index is 764. The molecule has 0 saturated heterocycles. The molecule has 0 aliphatic rings. The van der Waals surface area contributed by atoms with Gasteiger partial charge in [-0.3, -0.25) is 4.79 Å². The molecular weight excluding hydrogens is 366 g/mol. The third-order valence-electron chi connectivity index (χ3n) is 3.85. The number of rotatable bonds is 9. The van der Waals surface area contributed by atoms with Gasteiger partial charge < -0.3 is 14.4 Å². The van der Waals surface area contributed by atoms with E-state index in [0.29, 0.717) is 37.6 Å². The van der Waals surface area contributed by atoms with Crippen LogP contribution in [-0.2, 0) is 17.9 Å². The van der Waals surface area contributed by atoms with Gasteiger partial charge in [0.1, 0.15) is 0 Å². The van der Waals surface area contributed by atoms with Crippen LogP contribution in [0.5, 0.6) is 11.5 Å². The van der Waals surface area contributed by atoms with Gasteiger partial charge in [0, 0.05) is 9.75 Å². The lowest BCUT2D eigenvalue weighted by atomic mass is 10.3. The molecule has 3 aromatic rings. The molecule has 0 atom stereocenters. The fraction of sp³-hybridized carbons (Fsp3) is 0.250. The molecule has 1 amide bonds. The van der Waals surface area contributed by atoms with E-state index >= 15 is 0 Å². The summed E-state index contributed by atoms with van der Waals surface area (Å²) in [6, 6.07) is 15.6. The van der Waals surface area contributed by atoms with Crippen LogP contribution in [0.1, 0.15) is 16.2 Å². The molecule has 26 heavy (non-hydrogen) atoms. The lowest BCUT2D eigenvalue weighted by Gasteiger charge is -2.22. The minimum Gasteiger partial charge on any atom is -0.493 e. The summed E-state index contributed by atoms with van der Waals surface area (Å²) in [5.41, 5.74) is 0. The van der Waals surface area contributed by atoms with Crippen LogP contribution in [0.4, 0.5) is 0 Å². The first kappa shape index (κ1) is 18.5. The SMILES string of the molecule is COc1ccccc1OCCC(=O)N(Cc1cccs1)Cc1cccs1. The maximum atomic E-state index is 12.8. The average molecular weight is 388 g/mol. The van der Waals surface area contributed by atoms with Gasteiger partial charge in [0.15, 0.2) is 11.5 Å². The van der Waals surface area contributed by atoms with Gasteiger partial charge in [-0.05, 0) is 35.0 Å². The van der Waals surface area contributed by atoms with Gasteiger partial charge in [-0.1, -0.05) is 24.3 Å². The molecule has 136 valence electrons. The highest BCUT2D eigenvalue weighted by atomic mass is 32.1. The normalized spacial score (nSPS) is 10.5. The fourth-order valence-electron chi connectivity index (χ4n) is 2.56. The smallest absolute Gasteiger partial charge is 0.226 e. The van der Waals surface area contributed by atoms with Crippen molar-refractivity contribution < 1.29 is 14.3 Å². The van der Waals surface area contributed by atoms with Crippen molar-refractivity contribution in [3.8, 4) is 11.5 Å². The van der Waals surface area contributed by atoms with Crippen molar-refractivity contribution in [2.75, 3.05) is 13.7 Å². The van der Waals surface area contributed by atoms with Gasteiger partial charge in [0.05, 0.1) is 33.2 Å². The molecule has 0 bridgehead atoms. The highest BCUT2D eigenvalue weighted by Crippen LogP contribution is 2.26. The Morgan fingerprint density at radius 3 is 2.08 bits per heavy atom. The molecule has 0 N–H and O–H groups in total. The Balaban J connectivity index is 1.59. The van der Waals surface area contributed by atoms with E-state index in [1.807, 2.05) is 52.1 Å². The van der Waals surface area contributed by atoms with E-state index in [1.165, 1.54) is 9.75 Å². The summed E-state index contributed by atoms with van der Waals surface area (Å²) in [7, 11) is 1.61. The molecule has 2 aromatic heterocycles. The van der Waals surface area contributed by atoms with Crippen LogP contribution >= 0.6 is 22.7 Å². The summed E-state index contributed by atoms with van der Waals surface area (Å²) in [6.45, 7) is 1.58. The quantitative estimate of drug-likeness (QED) is 0.529. The first-order chi connectivity index (χ1) is 12.8. The zero-order valence-corrected chi connectivity index (χ0v) is 16.2. The van der Waals surface area contributed by atoms with E-state index in [0.717, 1.165) is 0 Å². The number of amides is 1. The molecule has 0 spiro atoms. The largest absolute Gasteiger partial charge is 0.493 e. The van der Waals surface area contributed by atoms with Crippen LogP contribution in [0.3, 0.4) is 0 Å². The number of para-hydroxylation sites is 2. The highest BCUT2D eigenvalue weighted by molar-refractivity contribution is 7.10. The second kappa shape index (κ2) is 9.40. The molecule has 0 aliphatic heterocycles. The van der Waals surface area contributed by atoms with Crippen LogP contribution in [-0.4, -0.2) is 24.5 Å². The van der Waals surface area contributed by atoms with Gasteiger partial charge in [-0.2, -0.15) is 0 Å². The van der Waals surface area contributed by atoms with Gasteiger partial charge in [0.25, 0.3) is 0 Å². The molecule has 4 nitrogen and oxygen atoms in total. The van der Waals surface area contributed by atoms with Gasteiger partial charge >= 0.3 is 0 Å². The van der Waals surface area contributed by atoms with Crippen molar-refractivity contribution in [3.63, 3.8) is 0 Å². The predicted molar refractivity (Wildman–Crippen MR) is 106 cm³/mol. The summed E-state index contributed by atoms with van der Waals surface area (Å²) >= 11 is 3.34. The number of carbonyl (C=O) groups is 1. The van der Waals surface area contributed by atoms with Crippen LogP contribution in [0, 0.1) is 0 Å². The average Bonchev–Trinajstić information content (AvgIpc) is 3.35. The Morgan fingerprint density at radius 2 is 1.54 bits per heavy atom. The number of nitrogens with zero attached hydrogens (tertiary/aromatic N) is 1. The molecule has 1 aromatic carbocycles. The Labute approximate surface area is 161 Å². The molecule has 0 radical (unpaired) electrons. The number of carbonyl (C=O) groups excluding carboxylic acids is 1. The van der Waals surface area contributed by atoms with Crippen molar-refractivity contribution in [2.24, 2.45) is 0 Å². The maximum Gasteiger partial charge on any atom is 0.226 e. The summed E-state index contributed by atoms with van der Waals surface area (Å²) in [4.78, 5) is 17.0. The standard InChI is InChI=1S/C20H21NO3S2/c1-23-18-8-2-3-9-19(18)24-11-10-20(22)21(14-16-6-4-12-25-16)15-17-7-5-13-26-17/h2-9,12-13H,10-11,14-15H2,1H3. The molecule has 0 unspecified atom stereocenters. The molecular formula is C20H21NO3S2.